The van der Waals surface area contributed by atoms with E-state index in [1.807, 2.05) is 38.4 Å². The highest BCUT2D eigenvalue weighted by Crippen LogP contribution is 2.18. The highest BCUT2D eigenvalue weighted by Gasteiger charge is 2.24. The summed E-state index contributed by atoms with van der Waals surface area (Å²) in [5.74, 6) is 0.659. The van der Waals surface area contributed by atoms with Gasteiger partial charge in [0.2, 0.25) is 0 Å². The van der Waals surface area contributed by atoms with Crippen LogP contribution in [0.1, 0.15) is 36.1 Å². The predicted molar refractivity (Wildman–Crippen MR) is 127 cm³/mol. The maximum Gasteiger partial charge on any atom is 0.191 e. The van der Waals surface area contributed by atoms with Gasteiger partial charge in [-0.2, -0.15) is 5.10 Å². The van der Waals surface area contributed by atoms with Gasteiger partial charge in [0.25, 0.3) is 0 Å². The number of aromatic nitrogens is 2. The first kappa shape index (κ1) is 23.5. The van der Waals surface area contributed by atoms with E-state index in [0.29, 0.717) is 32.3 Å². The van der Waals surface area contributed by atoms with Crippen LogP contribution in [0.5, 0.6) is 0 Å². The Kier molecular flexibility index (Phi) is 8.41. The van der Waals surface area contributed by atoms with E-state index in [1.54, 1.807) is 17.8 Å². The van der Waals surface area contributed by atoms with E-state index in [0.717, 1.165) is 23.2 Å². The number of aryl methyl sites for hydroxylation is 1. The number of nitrogens with one attached hydrogen (secondary N) is 2. The lowest BCUT2D eigenvalue weighted by Crippen LogP contribution is -2.44. The fraction of sp³-hybridized carbons (Fsp3) is 0.360. The van der Waals surface area contributed by atoms with Crippen LogP contribution in [0.2, 0.25) is 0 Å². The van der Waals surface area contributed by atoms with Gasteiger partial charge < -0.3 is 20.5 Å². The van der Waals surface area contributed by atoms with Gasteiger partial charge in [0, 0.05) is 25.4 Å². The second kappa shape index (κ2) is 11.5. The first-order chi connectivity index (χ1) is 15.5. The molecule has 0 radical (unpaired) electrons. The molecule has 0 spiro atoms. The molecule has 1 aromatic heterocycles. The van der Waals surface area contributed by atoms with Gasteiger partial charge in [-0.3, -0.25) is 4.68 Å². The van der Waals surface area contributed by atoms with Crippen molar-refractivity contribution in [3.63, 3.8) is 0 Å². The van der Waals surface area contributed by atoms with E-state index >= 15 is 0 Å². The highest BCUT2D eigenvalue weighted by molar-refractivity contribution is 5.79. The first-order valence-electron chi connectivity index (χ1n) is 10.9. The summed E-state index contributed by atoms with van der Waals surface area (Å²) in [4.78, 5) is 4.65. The number of hydrogen-bond acceptors (Lipinski definition) is 4. The van der Waals surface area contributed by atoms with Crippen molar-refractivity contribution in [2.45, 2.75) is 39.2 Å². The first-order valence-corrected chi connectivity index (χ1v) is 10.9. The van der Waals surface area contributed by atoms with Crippen LogP contribution in [-0.2, 0) is 37.1 Å². The van der Waals surface area contributed by atoms with Crippen LogP contribution < -0.4 is 10.6 Å². The summed E-state index contributed by atoms with van der Waals surface area (Å²) in [7, 11) is 1.83. The summed E-state index contributed by atoms with van der Waals surface area (Å²) in [6.07, 6.45) is 3.49. The molecule has 3 rings (SSSR count). The van der Waals surface area contributed by atoms with E-state index in [9.17, 15) is 5.11 Å². The molecule has 1 heterocycles. The number of aliphatic hydroxyl groups is 1. The lowest BCUT2D eigenvalue weighted by molar-refractivity contribution is 0.0616. The number of benzene rings is 2. The van der Waals surface area contributed by atoms with Crippen LogP contribution in [0, 0.1) is 0 Å². The zero-order valence-corrected chi connectivity index (χ0v) is 19.1. The minimum atomic E-state index is -1.05. The van der Waals surface area contributed by atoms with Crippen LogP contribution in [-0.4, -0.2) is 33.9 Å². The molecule has 0 saturated carbocycles. The smallest absolute Gasteiger partial charge is 0.191 e. The summed E-state index contributed by atoms with van der Waals surface area (Å²) < 4.78 is 7.48. The number of ether oxygens (including phenoxy) is 1. The van der Waals surface area contributed by atoms with Crippen molar-refractivity contribution < 1.29 is 9.84 Å². The lowest BCUT2D eigenvalue weighted by Gasteiger charge is -2.23. The monoisotopic (exact) mass is 435 g/mol. The molecule has 0 aliphatic rings. The van der Waals surface area contributed by atoms with E-state index < -0.39 is 5.60 Å². The molecule has 3 N–H and O–H groups in total. The summed E-state index contributed by atoms with van der Waals surface area (Å²) >= 11 is 0. The van der Waals surface area contributed by atoms with Gasteiger partial charge in [0.05, 0.1) is 32.5 Å². The van der Waals surface area contributed by atoms with Gasteiger partial charge in [-0.1, -0.05) is 54.6 Å². The van der Waals surface area contributed by atoms with Gasteiger partial charge >= 0.3 is 0 Å². The molecule has 7 heteroatoms. The number of nitrogens with zero attached hydrogens (tertiary/aromatic N) is 3. The molecule has 32 heavy (non-hydrogen) atoms. The molecular weight excluding hydrogens is 402 g/mol. The maximum absolute atomic E-state index is 10.8. The average Bonchev–Trinajstić information content (AvgIpc) is 3.25. The molecule has 170 valence electrons. The third kappa shape index (κ3) is 7.21. The van der Waals surface area contributed by atoms with Crippen molar-refractivity contribution >= 4 is 5.96 Å². The van der Waals surface area contributed by atoms with Crippen molar-refractivity contribution in [1.29, 1.82) is 0 Å². The Labute approximate surface area is 190 Å². The fourth-order valence-corrected chi connectivity index (χ4v) is 3.17. The number of hydrogen-bond donors (Lipinski definition) is 3. The molecule has 0 aliphatic heterocycles. The summed E-state index contributed by atoms with van der Waals surface area (Å²) in [6.45, 7) is 6.55. The predicted octanol–water partition coefficient (Wildman–Crippen LogP) is 3.10. The number of rotatable bonds is 10. The van der Waals surface area contributed by atoms with Crippen LogP contribution in [0.4, 0.5) is 0 Å². The molecule has 7 nitrogen and oxygen atoms in total. The minimum absolute atomic E-state index is 0.322. The number of aliphatic imine (C=N–C) groups is 1. The van der Waals surface area contributed by atoms with Crippen LogP contribution in [0.25, 0.3) is 0 Å². The van der Waals surface area contributed by atoms with Crippen molar-refractivity contribution in [1.82, 2.24) is 20.4 Å². The Morgan fingerprint density at radius 3 is 2.31 bits per heavy atom. The van der Waals surface area contributed by atoms with Crippen molar-refractivity contribution in [3.05, 3.63) is 89.2 Å². The largest absolute Gasteiger partial charge is 0.383 e. The maximum atomic E-state index is 10.8. The quantitative estimate of drug-likeness (QED) is 0.337. The Balaban J connectivity index is 1.50. The van der Waals surface area contributed by atoms with Crippen LogP contribution >= 0.6 is 0 Å². The zero-order chi connectivity index (χ0) is 22.8. The second-order valence-corrected chi connectivity index (χ2v) is 8.02. The number of guanidine groups is 1. The molecule has 1 atom stereocenters. The Morgan fingerprint density at radius 2 is 1.69 bits per heavy atom. The normalized spacial score (nSPS) is 13.6. The average molecular weight is 436 g/mol. The molecule has 1 unspecified atom stereocenters. The molecule has 0 saturated heterocycles. The van der Waals surface area contributed by atoms with Gasteiger partial charge in [0.1, 0.15) is 5.60 Å². The van der Waals surface area contributed by atoms with Crippen molar-refractivity contribution in [2.24, 2.45) is 12.0 Å². The van der Waals surface area contributed by atoms with Crippen LogP contribution in [0.3, 0.4) is 0 Å². The van der Waals surface area contributed by atoms with Crippen LogP contribution in [0.15, 0.2) is 72.0 Å². The van der Waals surface area contributed by atoms with Gasteiger partial charge in [0.15, 0.2) is 5.96 Å². The summed E-state index contributed by atoms with van der Waals surface area (Å²) in [5, 5.41) is 21.4. The fourth-order valence-electron chi connectivity index (χ4n) is 3.17. The van der Waals surface area contributed by atoms with Gasteiger partial charge in [-0.15, -0.1) is 0 Å². The summed E-state index contributed by atoms with van der Waals surface area (Å²) in [5.41, 5.74) is 3.11. The van der Waals surface area contributed by atoms with E-state index in [2.05, 4.69) is 57.1 Å². The van der Waals surface area contributed by atoms with Crippen molar-refractivity contribution in [3.8, 4) is 0 Å². The highest BCUT2D eigenvalue weighted by atomic mass is 16.5. The summed E-state index contributed by atoms with van der Waals surface area (Å²) in [6, 6.07) is 18.5. The Morgan fingerprint density at radius 1 is 1.03 bits per heavy atom. The lowest BCUT2D eigenvalue weighted by atomic mass is 10.00. The van der Waals surface area contributed by atoms with Crippen molar-refractivity contribution in [2.75, 3.05) is 13.1 Å². The molecule has 0 amide bonds. The van der Waals surface area contributed by atoms with E-state index in [-0.39, 0.29) is 0 Å². The molecule has 0 bridgehead atoms. The van der Waals surface area contributed by atoms with E-state index in [4.69, 9.17) is 4.74 Å². The minimum Gasteiger partial charge on any atom is -0.383 e. The second-order valence-electron chi connectivity index (χ2n) is 8.02. The molecule has 2 aromatic carbocycles. The molecule has 0 fully saturated rings. The van der Waals surface area contributed by atoms with Gasteiger partial charge in [-0.25, -0.2) is 4.99 Å². The molecule has 3 aromatic rings. The standard InChI is InChI=1S/C25H33N5O2/c1-4-26-24(28-19-25(2,31)23-15-29-30(3)16-23)27-14-20-10-12-22(13-11-20)18-32-17-21-8-6-5-7-9-21/h5-13,15-16,31H,4,14,17-19H2,1-3H3,(H2,26,27,28). The SMILES string of the molecule is CCNC(=NCc1ccc(COCc2ccccc2)cc1)NCC(C)(O)c1cnn(C)c1. The topological polar surface area (TPSA) is 83.7 Å². The third-order valence-corrected chi connectivity index (χ3v) is 5.09. The Hall–Kier alpha value is -3.16. The van der Waals surface area contributed by atoms with Gasteiger partial charge in [-0.05, 0) is 30.5 Å². The molecule has 0 aliphatic carbocycles. The Bertz CT molecular complexity index is 981. The zero-order valence-electron chi connectivity index (χ0n) is 19.1. The third-order valence-electron chi connectivity index (χ3n) is 5.09. The van der Waals surface area contributed by atoms with E-state index in [1.165, 1.54) is 5.56 Å². The molecular formula is C25H33N5O2.